The van der Waals surface area contributed by atoms with E-state index in [-0.39, 0.29) is 5.76 Å². The molecule has 0 aliphatic carbocycles. The molecule has 1 aromatic heterocycles. The zero-order chi connectivity index (χ0) is 17.4. The van der Waals surface area contributed by atoms with Crippen LogP contribution in [0.15, 0.2) is 22.8 Å². The topological polar surface area (TPSA) is 91.7 Å². The van der Waals surface area contributed by atoms with Crippen molar-refractivity contribution in [2.75, 3.05) is 0 Å². The number of carbonyl (C=O) groups excluding carboxylic acids is 3. The number of alkyl halides is 3. The molecule has 2 N–H and O–H groups in total. The van der Waals surface area contributed by atoms with Gasteiger partial charge in [-0.15, -0.1) is 0 Å². The van der Waals surface area contributed by atoms with Crippen LogP contribution in [0, 0.1) is 5.92 Å². The zero-order valence-corrected chi connectivity index (χ0v) is 12.2. The highest BCUT2D eigenvalue weighted by Gasteiger charge is 2.68. The minimum atomic E-state index is -5.21. The van der Waals surface area contributed by atoms with E-state index in [4.69, 9.17) is 4.42 Å². The normalized spacial score (nSPS) is 21.7. The number of halogens is 3. The van der Waals surface area contributed by atoms with E-state index < -0.39 is 42.1 Å². The molecule has 0 unspecified atom stereocenters. The number of amides is 4. The Labute approximate surface area is 128 Å². The second-order valence-electron chi connectivity index (χ2n) is 5.29. The molecule has 126 valence electrons. The van der Waals surface area contributed by atoms with Gasteiger partial charge in [-0.05, 0) is 12.1 Å². The molecule has 23 heavy (non-hydrogen) atoms. The number of rotatable bonds is 4. The molecular weight excluding hydrogens is 319 g/mol. The Kier molecular flexibility index (Phi) is 4.10. The van der Waals surface area contributed by atoms with Gasteiger partial charge in [-0.25, -0.2) is 4.79 Å². The quantitative estimate of drug-likeness (QED) is 0.814. The van der Waals surface area contributed by atoms with Gasteiger partial charge >= 0.3 is 12.2 Å². The second kappa shape index (κ2) is 5.60. The minimum absolute atomic E-state index is 0.127. The van der Waals surface area contributed by atoms with E-state index in [1.807, 2.05) is 0 Å². The van der Waals surface area contributed by atoms with Crippen molar-refractivity contribution in [3.8, 4) is 0 Å². The second-order valence-corrected chi connectivity index (χ2v) is 5.29. The van der Waals surface area contributed by atoms with Crippen molar-refractivity contribution < 1.29 is 32.0 Å². The van der Waals surface area contributed by atoms with Crippen LogP contribution in [0.5, 0.6) is 0 Å². The van der Waals surface area contributed by atoms with Crippen LogP contribution in [0.2, 0.25) is 0 Å². The third kappa shape index (κ3) is 2.88. The number of nitrogens with zero attached hydrogens (tertiary/aromatic N) is 1. The molecule has 1 saturated heterocycles. The van der Waals surface area contributed by atoms with Gasteiger partial charge in [0.15, 0.2) is 0 Å². The lowest BCUT2D eigenvalue weighted by Crippen LogP contribution is -2.70. The van der Waals surface area contributed by atoms with Crippen molar-refractivity contribution in [2.45, 2.75) is 32.2 Å². The third-order valence-electron chi connectivity index (χ3n) is 3.26. The summed E-state index contributed by atoms with van der Waals surface area (Å²) in [6, 6.07) is 1.60. The first-order chi connectivity index (χ1) is 10.6. The van der Waals surface area contributed by atoms with Crippen LogP contribution in [0.3, 0.4) is 0 Å². The molecule has 2 rings (SSSR count). The molecular formula is C13H14F3N3O4. The Bertz CT molecular complexity index is 627. The Hall–Kier alpha value is -2.52. The molecule has 1 aromatic rings. The van der Waals surface area contributed by atoms with Gasteiger partial charge in [0.1, 0.15) is 5.76 Å². The lowest BCUT2D eigenvalue weighted by molar-refractivity contribution is -0.204. The molecule has 0 bridgehead atoms. The van der Waals surface area contributed by atoms with Crippen LogP contribution in [0.1, 0.15) is 19.6 Å². The highest BCUT2D eigenvalue weighted by molar-refractivity contribution is 6.08. The molecule has 0 aromatic carbocycles. The number of hydrogen-bond acceptors (Lipinski definition) is 4. The van der Waals surface area contributed by atoms with Crippen molar-refractivity contribution in [1.29, 1.82) is 0 Å². The van der Waals surface area contributed by atoms with Gasteiger partial charge in [-0.3, -0.25) is 19.8 Å². The van der Waals surface area contributed by atoms with E-state index in [1.165, 1.54) is 32.2 Å². The summed E-state index contributed by atoms with van der Waals surface area (Å²) in [4.78, 5) is 36.1. The van der Waals surface area contributed by atoms with Crippen LogP contribution in [0.25, 0.3) is 0 Å². The van der Waals surface area contributed by atoms with Gasteiger partial charge in [-0.1, -0.05) is 13.8 Å². The van der Waals surface area contributed by atoms with Crippen molar-refractivity contribution in [2.24, 2.45) is 5.92 Å². The molecule has 7 nitrogen and oxygen atoms in total. The van der Waals surface area contributed by atoms with E-state index >= 15 is 0 Å². The number of imide groups is 1. The first kappa shape index (κ1) is 16.8. The standard InChI is InChI=1S/C13H14F3N3O4/c1-7(2)9(20)17-12(13(14,15)16)10(21)19(11(22)18-12)6-8-4-3-5-23-8/h3-5,7H,6H2,1-2H3,(H,17,20)(H,18,22)/t12-/m0/s1. The monoisotopic (exact) mass is 333 g/mol. The van der Waals surface area contributed by atoms with Gasteiger partial charge < -0.3 is 9.73 Å². The smallest absolute Gasteiger partial charge is 0.440 e. The summed E-state index contributed by atoms with van der Waals surface area (Å²) in [6.45, 7) is 2.25. The summed E-state index contributed by atoms with van der Waals surface area (Å²) in [7, 11) is 0. The van der Waals surface area contributed by atoms with Crippen molar-refractivity contribution >= 4 is 17.8 Å². The van der Waals surface area contributed by atoms with Crippen molar-refractivity contribution in [1.82, 2.24) is 15.5 Å². The SMILES string of the molecule is CC(C)C(=O)N[C@]1(C(F)(F)F)NC(=O)N(Cc2ccco2)C1=O. The van der Waals surface area contributed by atoms with Gasteiger partial charge in [0.05, 0.1) is 12.8 Å². The van der Waals surface area contributed by atoms with Crippen molar-refractivity contribution in [3.63, 3.8) is 0 Å². The molecule has 1 aliphatic heterocycles. The lowest BCUT2D eigenvalue weighted by atomic mass is 10.1. The molecule has 0 saturated carbocycles. The number of hydrogen-bond donors (Lipinski definition) is 2. The number of furan rings is 1. The largest absolute Gasteiger partial charge is 0.467 e. The van der Waals surface area contributed by atoms with Crippen LogP contribution in [0.4, 0.5) is 18.0 Å². The molecule has 1 fully saturated rings. The molecule has 1 atom stereocenters. The van der Waals surface area contributed by atoms with E-state index in [9.17, 15) is 27.6 Å². The fraction of sp³-hybridized carbons (Fsp3) is 0.462. The van der Waals surface area contributed by atoms with E-state index in [1.54, 1.807) is 10.6 Å². The molecule has 4 amide bonds. The van der Waals surface area contributed by atoms with Gasteiger partial charge in [-0.2, -0.15) is 13.2 Å². The molecule has 2 heterocycles. The Balaban J connectivity index is 2.34. The number of carbonyl (C=O) groups is 3. The summed E-state index contributed by atoms with van der Waals surface area (Å²) in [5, 5.41) is 3.15. The average Bonchev–Trinajstić information content (AvgIpc) is 3.01. The highest BCUT2D eigenvalue weighted by atomic mass is 19.4. The fourth-order valence-corrected chi connectivity index (χ4v) is 1.95. The van der Waals surface area contributed by atoms with Crippen LogP contribution >= 0.6 is 0 Å². The van der Waals surface area contributed by atoms with Crippen LogP contribution in [-0.2, 0) is 16.1 Å². The predicted octanol–water partition coefficient (Wildman–Crippen LogP) is 1.36. The number of urea groups is 1. The highest BCUT2D eigenvalue weighted by Crippen LogP contribution is 2.34. The molecule has 0 spiro atoms. The molecule has 10 heteroatoms. The maximum atomic E-state index is 13.4. The summed E-state index contributed by atoms with van der Waals surface area (Å²) in [5.74, 6) is -3.31. The summed E-state index contributed by atoms with van der Waals surface area (Å²) in [6.07, 6.45) is -3.95. The van der Waals surface area contributed by atoms with Crippen LogP contribution < -0.4 is 10.6 Å². The Morgan fingerprint density at radius 1 is 1.43 bits per heavy atom. The van der Waals surface area contributed by atoms with Crippen LogP contribution in [-0.4, -0.2) is 34.6 Å². The van der Waals surface area contributed by atoms with Gasteiger partial charge in [0.2, 0.25) is 5.91 Å². The first-order valence-corrected chi connectivity index (χ1v) is 6.63. The minimum Gasteiger partial charge on any atom is -0.467 e. The van der Waals surface area contributed by atoms with Gasteiger partial charge in [0.25, 0.3) is 11.6 Å². The zero-order valence-electron chi connectivity index (χ0n) is 12.2. The average molecular weight is 333 g/mol. The predicted molar refractivity (Wildman–Crippen MR) is 69.6 cm³/mol. The molecule has 0 radical (unpaired) electrons. The Morgan fingerprint density at radius 2 is 2.09 bits per heavy atom. The van der Waals surface area contributed by atoms with E-state index in [0.717, 1.165) is 0 Å². The first-order valence-electron chi connectivity index (χ1n) is 6.63. The molecule has 1 aliphatic rings. The van der Waals surface area contributed by atoms with E-state index in [0.29, 0.717) is 4.90 Å². The number of nitrogens with one attached hydrogen (secondary N) is 2. The fourth-order valence-electron chi connectivity index (χ4n) is 1.95. The maximum absolute atomic E-state index is 13.4. The Morgan fingerprint density at radius 3 is 2.57 bits per heavy atom. The maximum Gasteiger partial charge on any atom is 0.440 e. The van der Waals surface area contributed by atoms with Gasteiger partial charge in [0, 0.05) is 5.92 Å². The summed E-state index contributed by atoms with van der Waals surface area (Å²) in [5.41, 5.74) is -3.47. The third-order valence-corrected chi connectivity index (χ3v) is 3.26. The summed E-state index contributed by atoms with van der Waals surface area (Å²) < 4.78 is 45.2. The lowest BCUT2D eigenvalue weighted by Gasteiger charge is -2.30. The van der Waals surface area contributed by atoms with Crippen molar-refractivity contribution in [3.05, 3.63) is 24.2 Å². The summed E-state index contributed by atoms with van der Waals surface area (Å²) >= 11 is 0. The van der Waals surface area contributed by atoms with E-state index in [2.05, 4.69) is 0 Å².